The lowest BCUT2D eigenvalue weighted by atomic mass is 10.00. The predicted octanol–water partition coefficient (Wildman–Crippen LogP) is 1.77. The van der Waals surface area contributed by atoms with Crippen molar-refractivity contribution in [3.63, 3.8) is 0 Å². The number of carbonyl (C=O) groups excluding carboxylic acids is 3. The fraction of sp³-hybridized carbons (Fsp3) is 0.571. The Kier molecular flexibility index (Phi) is 8.92. The number of nitrogens with zero attached hydrogens (tertiary/aromatic N) is 1. The number of likely N-dealkylation sites (tertiary alicyclic amines) is 1. The van der Waals surface area contributed by atoms with Gasteiger partial charge in [-0.25, -0.2) is 0 Å². The van der Waals surface area contributed by atoms with Gasteiger partial charge in [-0.1, -0.05) is 12.1 Å². The van der Waals surface area contributed by atoms with Gasteiger partial charge in [0.1, 0.15) is 0 Å². The topological polar surface area (TPSA) is 105 Å². The van der Waals surface area contributed by atoms with Gasteiger partial charge < -0.3 is 21.3 Å². The summed E-state index contributed by atoms with van der Waals surface area (Å²) in [6.07, 6.45) is 5.90. The van der Waals surface area contributed by atoms with Crippen molar-refractivity contribution in [1.29, 1.82) is 0 Å². The summed E-state index contributed by atoms with van der Waals surface area (Å²) in [5.74, 6) is 0.151. The molecule has 7 nitrogen and oxygen atoms in total. The third kappa shape index (κ3) is 6.44. The van der Waals surface area contributed by atoms with Gasteiger partial charge >= 0.3 is 0 Å². The Morgan fingerprint density at radius 1 is 1.24 bits per heavy atom. The highest BCUT2D eigenvalue weighted by Crippen LogP contribution is 2.25. The Labute approximate surface area is 178 Å². The Hall–Kier alpha value is -2.12. The van der Waals surface area contributed by atoms with E-state index in [1.165, 1.54) is 0 Å². The molecular weight excluding hydrogens is 392 g/mol. The van der Waals surface area contributed by atoms with E-state index in [1.54, 1.807) is 0 Å². The summed E-state index contributed by atoms with van der Waals surface area (Å²) in [5.41, 5.74) is 8.51. The molecular formula is C21H31ClN4O3. The average Bonchev–Trinajstić information content (AvgIpc) is 3.06. The summed E-state index contributed by atoms with van der Waals surface area (Å²) in [5, 5.41) is 5.74. The standard InChI is InChI=1S/C21H30N4O3.ClH/c22-10-9-19(26)23-14-17-5-1-2-11-25(17)21(28)6-3-4-15-7-8-18-16(12-15)13-20(27)24-18;/h7-8,12,17H,1-6,9-11,13-14,22H2,(H,23,26)(H,24,27);1H. The van der Waals surface area contributed by atoms with Crippen molar-refractivity contribution in [2.24, 2.45) is 5.73 Å². The first-order valence-corrected chi connectivity index (χ1v) is 10.2. The van der Waals surface area contributed by atoms with E-state index in [2.05, 4.69) is 16.7 Å². The second-order valence-electron chi connectivity index (χ2n) is 7.65. The maximum atomic E-state index is 12.7. The van der Waals surface area contributed by atoms with Crippen molar-refractivity contribution >= 4 is 35.8 Å². The second-order valence-corrected chi connectivity index (χ2v) is 7.65. The molecule has 1 aromatic carbocycles. The lowest BCUT2D eigenvalue weighted by Gasteiger charge is -2.36. The number of amides is 3. The van der Waals surface area contributed by atoms with E-state index < -0.39 is 0 Å². The Morgan fingerprint density at radius 3 is 2.86 bits per heavy atom. The minimum absolute atomic E-state index is 0. The molecule has 1 atom stereocenters. The van der Waals surface area contributed by atoms with Gasteiger partial charge in [0.25, 0.3) is 0 Å². The van der Waals surface area contributed by atoms with Crippen LogP contribution >= 0.6 is 12.4 Å². The van der Waals surface area contributed by atoms with Crippen molar-refractivity contribution < 1.29 is 14.4 Å². The lowest BCUT2D eigenvalue weighted by molar-refractivity contribution is -0.135. The van der Waals surface area contributed by atoms with Crippen LogP contribution in [0.25, 0.3) is 0 Å². The largest absolute Gasteiger partial charge is 0.354 e. The molecule has 2 heterocycles. The summed E-state index contributed by atoms with van der Waals surface area (Å²) < 4.78 is 0. The molecule has 1 saturated heterocycles. The number of aryl methyl sites for hydroxylation is 1. The monoisotopic (exact) mass is 422 g/mol. The third-order valence-electron chi connectivity index (χ3n) is 5.50. The molecule has 4 N–H and O–H groups in total. The third-order valence-corrected chi connectivity index (χ3v) is 5.50. The van der Waals surface area contributed by atoms with Gasteiger partial charge in [0.15, 0.2) is 0 Å². The van der Waals surface area contributed by atoms with E-state index in [-0.39, 0.29) is 36.2 Å². The minimum atomic E-state index is -0.0509. The number of carbonyl (C=O) groups is 3. The number of piperidine rings is 1. The van der Waals surface area contributed by atoms with Crippen LogP contribution in [0.2, 0.25) is 0 Å². The van der Waals surface area contributed by atoms with Gasteiger partial charge in [0.05, 0.1) is 6.42 Å². The fourth-order valence-corrected chi connectivity index (χ4v) is 4.02. The summed E-state index contributed by atoms with van der Waals surface area (Å²) >= 11 is 0. The highest BCUT2D eigenvalue weighted by molar-refractivity contribution is 5.99. The maximum absolute atomic E-state index is 12.7. The number of nitrogens with one attached hydrogen (secondary N) is 2. The Bertz CT molecular complexity index is 741. The molecule has 160 valence electrons. The SMILES string of the molecule is Cl.NCCC(=O)NCC1CCCCN1C(=O)CCCc1ccc2c(c1)CC(=O)N2. The first-order chi connectivity index (χ1) is 13.6. The lowest BCUT2D eigenvalue weighted by Crippen LogP contribution is -2.49. The molecule has 3 amide bonds. The molecule has 8 heteroatoms. The zero-order valence-electron chi connectivity index (χ0n) is 16.7. The number of hydrogen-bond donors (Lipinski definition) is 3. The quantitative estimate of drug-likeness (QED) is 0.593. The van der Waals surface area contributed by atoms with Crippen LogP contribution < -0.4 is 16.4 Å². The van der Waals surface area contributed by atoms with Crippen molar-refractivity contribution in [3.05, 3.63) is 29.3 Å². The van der Waals surface area contributed by atoms with Crippen molar-refractivity contribution in [2.75, 3.05) is 25.0 Å². The van der Waals surface area contributed by atoms with E-state index in [9.17, 15) is 14.4 Å². The van der Waals surface area contributed by atoms with Gasteiger partial charge in [-0.15, -0.1) is 12.4 Å². The normalized spacial score (nSPS) is 17.9. The Morgan fingerprint density at radius 2 is 2.07 bits per heavy atom. The fourth-order valence-electron chi connectivity index (χ4n) is 4.02. The predicted molar refractivity (Wildman–Crippen MR) is 115 cm³/mol. The molecule has 0 aromatic heterocycles. The summed E-state index contributed by atoms with van der Waals surface area (Å²) in [6, 6.07) is 6.11. The van der Waals surface area contributed by atoms with Crippen molar-refractivity contribution in [2.45, 2.75) is 57.4 Å². The van der Waals surface area contributed by atoms with Crippen LogP contribution in [-0.4, -0.2) is 48.3 Å². The second kappa shape index (κ2) is 11.2. The van der Waals surface area contributed by atoms with E-state index >= 15 is 0 Å². The van der Waals surface area contributed by atoms with Gasteiger partial charge in [-0.3, -0.25) is 14.4 Å². The number of benzene rings is 1. The van der Waals surface area contributed by atoms with Crippen LogP contribution in [0.15, 0.2) is 18.2 Å². The number of nitrogens with two attached hydrogens (primary N) is 1. The molecule has 2 aliphatic heterocycles. The number of rotatable bonds is 8. The molecule has 2 aliphatic rings. The summed E-state index contributed by atoms with van der Waals surface area (Å²) in [6.45, 7) is 1.62. The molecule has 0 aliphatic carbocycles. The van der Waals surface area contributed by atoms with Crippen LogP contribution in [0.5, 0.6) is 0 Å². The van der Waals surface area contributed by atoms with Crippen molar-refractivity contribution in [3.8, 4) is 0 Å². The number of fused-ring (bicyclic) bond motifs is 1. The molecule has 0 spiro atoms. The maximum Gasteiger partial charge on any atom is 0.228 e. The van der Waals surface area contributed by atoms with Crippen LogP contribution in [0.3, 0.4) is 0 Å². The van der Waals surface area contributed by atoms with Crippen LogP contribution in [0.1, 0.15) is 49.7 Å². The van der Waals surface area contributed by atoms with Gasteiger partial charge in [0, 0.05) is 44.2 Å². The first-order valence-electron chi connectivity index (χ1n) is 10.2. The molecule has 29 heavy (non-hydrogen) atoms. The van der Waals surface area contributed by atoms with E-state index in [0.717, 1.165) is 55.5 Å². The van der Waals surface area contributed by atoms with Crippen LogP contribution in [0, 0.1) is 0 Å². The highest BCUT2D eigenvalue weighted by Gasteiger charge is 2.26. The molecule has 0 saturated carbocycles. The van der Waals surface area contributed by atoms with E-state index in [0.29, 0.717) is 32.4 Å². The number of halogens is 1. The summed E-state index contributed by atoms with van der Waals surface area (Å²) in [4.78, 5) is 37.8. The zero-order chi connectivity index (χ0) is 19.9. The first kappa shape index (κ1) is 23.2. The number of hydrogen-bond acceptors (Lipinski definition) is 4. The van der Waals surface area contributed by atoms with Crippen molar-refractivity contribution in [1.82, 2.24) is 10.2 Å². The molecule has 0 radical (unpaired) electrons. The van der Waals surface area contributed by atoms with E-state index in [4.69, 9.17) is 5.73 Å². The van der Waals surface area contributed by atoms with Gasteiger partial charge in [-0.2, -0.15) is 0 Å². The molecule has 0 bridgehead atoms. The average molecular weight is 423 g/mol. The Balaban J connectivity index is 0.00000300. The van der Waals surface area contributed by atoms with E-state index in [1.807, 2.05) is 17.0 Å². The number of anilines is 1. The smallest absolute Gasteiger partial charge is 0.228 e. The molecule has 1 unspecified atom stereocenters. The minimum Gasteiger partial charge on any atom is -0.354 e. The van der Waals surface area contributed by atoms with Crippen LogP contribution in [-0.2, 0) is 27.2 Å². The zero-order valence-corrected chi connectivity index (χ0v) is 17.6. The molecule has 1 fully saturated rings. The summed E-state index contributed by atoms with van der Waals surface area (Å²) in [7, 11) is 0. The molecule has 3 rings (SSSR count). The van der Waals surface area contributed by atoms with Gasteiger partial charge in [0.2, 0.25) is 17.7 Å². The highest BCUT2D eigenvalue weighted by atomic mass is 35.5. The molecule has 1 aromatic rings. The van der Waals surface area contributed by atoms with Gasteiger partial charge in [-0.05, 0) is 49.3 Å². The van der Waals surface area contributed by atoms with Crippen LogP contribution in [0.4, 0.5) is 5.69 Å².